The van der Waals surface area contributed by atoms with E-state index < -0.39 is 65.1 Å². The molecule has 0 heterocycles. The van der Waals surface area contributed by atoms with Crippen LogP contribution in [0.4, 0.5) is 39.5 Å². The minimum absolute atomic E-state index is 0.164. The minimum atomic E-state index is -5.35. The lowest BCUT2D eigenvalue weighted by Crippen LogP contribution is -2.23. The molecule has 0 radical (unpaired) electrons. The number of carbonyl (C=O) groups is 2. The number of aryl methyl sites for hydroxylation is 1. The van der Waals surface area contributed by atoms with E-state index in [-0.39, 0.29) is 17.7 Å². The van der Waals surface area contributed by atoms with Crippen molar-refractivity contribution < 1.29 is 58.6 Å². The van der Waals surface area contributed by atoms with Gasteiger partial charge >= 0.3 is 30.5 Å². The van der Waals surface area contributed by atoms with Gasteiger partial charge in [0.1, 0.15) is 12.2 Å². The maximum absolute atomic E-state index is 13.1. The van der Waals surface area contributed by atoms with Crippen LogP contribution in [-0.4, -0.2) is 11.9 Å². The van der Waals surface area contributed by atoms with Gasteiger partial charge in [-0.15, -0.1) is 0 Å². The van der Waals surface area contributed by atoms with E-state index in [1.807, 2.05) is 0 Å². The van der Waals surface area contributed by atoms with Crippen molar-refractivity contribution in [2.45, 2.75) is 31.9 Å². The molecule has 0 N–H and O–H groups in total. The predicted octanol–water partition coefficient (Wildman–Crippen LogP) is 5.95. The van der Waals surface area contributed by atoms with Crippen LogP contribution in [-0.2, 0) is 28.1 Å². The van der Waals surface area contributed by atoms with Crippen molar-refractivity contribution in [3.05, 3.63) is 58.7 Å². The van der Waals surface area contributed by atoms with E-state index in [2.05, 4.69) is 9.47 Å². The molecule has 0 atom stereocenters. The van der Waals surface area contributed by atoms with E-state index in [0.29, 0.717) is 12.1 Å². The molecule has 0 saturated heterocycles. The monoisotopic (exact) mass is 474 g/mol. The van der Waals surface area contributed by atoms with E-state index >= 15 is 0 Å². The largest absolute Gasteiger partial charge is 0.425 e. The summed E-state index contributed by atoms with van der Waals surface area (Å²) in [4.78, 5) is 23.7. The number of hydrogen-bond acceptors (Lipinski definition) is 4. The van der Waals surface area contributed by atoms with Crippen molar-refractivity contribution in [3.63, 3.8) is 0 Å². The molecule has 13 heteroatoms. The summed E-state index contributed by atoms with van der Waals surface area (Å²) in [6, 6.07) is 3.61. The lowest BCUT2D eigenvalue weighted by Gasteiger charge is -2.18. The van der Waals surface area contributed by atoms with Crippen LogP contribution in [0.1, 0.15) is 28.7 Å². The van der Waals surface area contributed by atoms with Crippen LogP contribution in [0.15, 0.2) is 36.4 Å². The maximum atomic E-state index is 13.1. The van der Waals surface area contributed by atoms with Crippen molar-refractivity contribution >= 4 is 11.9 Å². The fourth-order valence-corrected chi connectivity index (χ4v) is 2.52. The number of hydrogen-bond donors (Lipinski definition) is 0. The van der Waals surface area contributed by atoms with Gasteiger partial charge in [0.25, 0.3) is 0 Å². The molecule has 174 valence electrons. The van der Waals surface area contributed by atoms with Crippen molar-refractivity contribution in [1.29, 1.82) is 0 Å². The number of benzene rings is 2. The maximum Gasteiger partial charge on any atom is 0.420 e. The third-order valence-electron chi connectivity index (χ3n) is 3.86. The summed E-state index contributed by atoms with van der Waals surface area (Å²) in [6.45, 7) is 1.14. The van der Waals surface area contributed by atoms with Crippen LogP contribution < -0.4 is 9.47 Å². The molecule has 0 aliphatic rings. The van der Waals surface area contributed by atoms with E-state index in [1.165, 1.54) is 0 Å². The van der Waals surface area contributed by atoms with Crippen molar-refractivity contribution in [2.75, 3.05) is 0 Å². The molecule has 2 rings (SSSR count). The zero-order valence-corrected chi connectivity index (χ0v) is 15.7. The third kappa shape index (κ3) is 5.92. The molecule has 0 spiro atoms. The van der Waals surface area contributed by atoms with Crippen LogP contribution in [0.3, 0.4) is 0 Å². The molecule has 0 amide bonds. The molecule has 0 fully saturated rings. The number of halogens is 9. The van der Waals surface area contributed by atoms with Gasteiger partial charge in [0, 0.05) is 0 Å². The van der Waals surface area contributed by atoms with Crippen molar-refractivity contribution in [3.8, 4) is 11.5 Å². The smallest absolute Gasteiger partial charge is 0.420 e. The Balaban J connectivity index is 2.29. The van der Waals surface area contributed by atoms with Crippen LogP contribution >= 0.6 is 0 Å². The van der Waals surface area contributed by atoms with Gasteiger partial charge in [-0.2, -0.15) is 39.5 Å². The quantitative estimate of drug-likeness (QED) is 0.238. The zero-order chi connectivity index (χ0) is 24.5. The number of alkyl halides is 9. The number of esters is 2. The molecule has 32 heavy (non-hydrogen) atoms. The van der Waals surface area contributed by atoms with Crippen LogP contribution in [0.2, 0.25) is 0 Å². The normalized spacial score (nSPS) is 12.4. The fraction of sp³-hybridized carbons (Fsp3) is 0.263. The lowest BCUT2D eigenvalue weighted by molar-refractivity contribution is -0.150. The summed E-state index contributed by atoms with van der Waals surface area (Å²) < 4.78 is 126. The average molecular weight is 474 g/mol. The molecule has 0 saturated carbocycles. The van der Waals surface area contributed by atoms with E-state index in [4.69, 9.17) is 0 Å². The molecule has 4 nitrogen and oxygen atoms in total. The average Bonchev–Trinajstić information content (AvgIpc) is 2.60. The van der Waals surface area contributed by atoms with E-state index in [0.717, 1.165) is 19.1 Å². The predicted molar refractivity (Wildman–Crippen MR) is 88.5 cm³/mol. The Bertz CT molecular complexity index is 989. The Morgan fingerprint density at radius 1 is 0.656 bits per heavy atom. The van der Waals surface area contributed by atoms with Crippen molar-refractivity contribution in [1.82, 2.24) is 0 Å². The van der Waals surface area contributed by atoms with Crippen LogP contribution in [0, 0.1) is 6.92 Å². The minimum Gasteiger partial charge on any atom is -0.425 e. The van der Waals surface area contributed by atoms with Gasteiger partial charge in [0.2, 0.25) is 0 Å². The highest BCUT2D eigenvalue weighted by molar-refractivity contribution is 5.93. The van der Waals surface area contributed by atoms with Crippen LogP contribution in [0.25, 0.3) is 0 Å². The second-order valence-corrected chi connectivity index (χ2v) is 6.25. The number of ether oxygens (including phenoxy) is 2. The Hall–Kier alpha value is -3.25. The summed E-state index contributed by atoms with van der Waals surface area (Å²) in [6.07, 6.45) is -17.2. The third-order valence-corrected chi connectivity index (χ3v) is 3.86. The highest BCUT2D eigenvalue weighted by Gasteiger charge is 2.43. The van der Waals surface area contributed by atoms with E-state index in [1.54, 1.807) is 0 Å². The van der Waals surface area contributed by atoms with Gasteiger partial charge in [-0.25, -0.2) is 0 Å². The van der Waals surface area contributed by atoms with Gasteiger partial charge in [-0.05, 0) is 30.7 Å². The summed E-state index contributed by atoms with van der Waals surface area (Å²) in [5, 5.41) is 0. The summed E-state index contributed by atoms with van der Waals surface area (Å²) in [5.41, 5.74) is -5.41. The topological polar surface area (TPSA) is 52.6 Å². The number of carbonyl (C=O) groups excluding carboxylic acids is 2. The van der Waals surface area contributed by atoms with E-state index in [9.17, 15) is 49.1 Å². The van der Waals surface area contributed by atoms with Gasteiger partial charge in [-0.3, -0.25) is 9.59 Å². The zero-order valence-electron chi connectivity index (χ0n) is 15.7. The summed E-state index contributed by atoms with van der Waals surface area (Å²) >= 11 is 0. The molecular weight excluding hydrogens is 463 g/mol. The second kappa shape index (κ2) is 8.71. The first-order valence-corrected chi connectivity index (χ1v) is 8.37. The molecule has 0 bridgehead atoms. The van der Waals surface area contributed by atoms with Crippen LogP contribution in [0.5, 0.6) is 11.5 Å². The molecule has 0 aromatic heterocycles. The summed E-state index contributed by atoms with van der Waals surface area (Å²) in [5.74, 6) is -6.45. The SMILES string of the molecule is Cc1cccc(C(F)(F)F)c1OC(=O)CC(=O)Oc1c(C(F)(F)F)cccc1C(F)(F)F. The fourth-order valence-electron chi connectivity index (χ4n) is 2.52. The lowest BCUT2D eigenvalue weighted by atomic mass is 10.1. The highest BCUT2D eigenvalue weighted by Crippen LogP contribution is 2.44. The first-order chi connectivity index (χ1) is 14.5. The second-order valence-electron chi connectivity index (χ2n) is 6.25. The van der Waals surface area contributed by atoms with Gasteiger partial charge in [0.05, 0.1) is 16.7 Å². The van der Waals surface area contributed by atoms with Gasteiger partial charge < -0.3 is 9.47 Å². The Morgan fingerprint density at radius 2 is 1.00 bits per heavy atom. The first kappa shape index (κ1) is 25.0. The molecular formula is C19H11F9O4. The summed E-state index contributed by atoms with van der Waals surface area (Å²) in [7, 11) is 0. The molecule has 0 aliphatic carbocycles. The van der Waals surface area contributed by atoms with Gasteiger partial charge in [-0.1, -0.05) is 18.2 Å². The molecule has 0 aliphatic heterocycles. The molecule has 2 aromatic rings. The Labute approximate surface area is 173 Å². The standard InChI is InChI=1S/C19H11F9O4/c1-9-4-2-5-10(17(20,21)22)15(9)31-13(29)8-14(30)32-16-11(18(23,24)25)6-3-7-12(16)19(26,27)28/h2-7H,8H2,1H3. The van der Waals surface area contributed by atoms with Crippen molar-refractivity contribution in [2.24, 2.45) is 0 Å². The van der Waals surface area contributed by atoms with Gasteiger partial charge in [0.15, 0.2) is 5.75 Å². The molecule has 0 unspecified atom stereocenters. The number of rotatable bonds is 4. The Morgan fingerprint density at radius 3 is 1.41 bits per heavy atom. The highest BCUT2D eigenvalue weighted by atomic mass is 19.4. The Kier molecular flexibility index (Phi) is 6.81. The first-order valence-electron chi connectivity index (χ1n) is 8.37. The number of para-hydroxylation sites is 2. The molecule has 2 aromatic carbocycles.